The van der Waals surface area contributed by atoms with Gasteiger partial charge in [0, 0.05) is 24.5 Å². The summed E-state index contributed by atoms with van der Waals surface area (Å²) in [5, 5.41) is 0. The van der Waals surface area contributed by atoms with Gasteiger partial charge in [-0.2, -0.15) is 0 Å². The molecule has 0 bridgehead atoms. The molecule has 1 aliphatic rings. The number of amides is 1. The van der Waals surface area contributed by atoms with Crippen LogP contribution in [0.5, 0.6) is 0 Å². The quantitative estimate of drug-likeness (QED) is 0.761. The predicted octanol–water partition coefficient (Wildman–Crippen LogP) is 3.69. The molecule has 2 nitrogen and oxygen atoms in total. The highest BCUT2D eigenvalue weighted by Gasteiger charge is 2.26. The molecule has 1 amide bonds. The van der Waals surface area contributed by atoms with Crippen LogP contribution in [0.15, 0.2) is 24.3 Å². The Balaban J connectivity index is 2.03. The van der Waals surface area contributed by atoms with E-state index in [1.165, 1.54) is 12.8 Å². The number of benzene rings is 1. The van der Waals surface area contributed by atoms with E-state index in [1.807, 2.05) is 29.2 Å². The van der Waals surface area contributed by atoms with Crippen molar-refractivity contribution in [1.29, 1.82) is 0 Å². The number of nitrogens with zero attached hydrogens (tertiary/aromatic N) is 1. The standard InChI is InChI=1S/C15H20ClNO/c1-2-4-12-7-8-17(11-12)15(18)14-6-3-5-13(9-14)10-16/h3,5-6,9,12H,2,4,7-8,10-11H2,1H3. The van der Waals surface area contributed by atoms with E-state index in [2.05, 4.69) is 6.92 Å². The van der Waals surface area contributed by atoms with Crippen molar-refractivity contribution in [2.75, 3.05) is 13.1 Å². The van der Waals surface area contributed by atoms with Gasteiger partial charge in [-0.15, -0.1) is 11.6 Å². The zero-order chi connectivity index (χ0) is 13.0. The van der Waals surface area contributed by atoms with Gasteiger partial charge in [-0.25, -0.2) is 0 Å². The topological polar surface area (TPSA) is 20.3 Å². The van der Waals surface area contributed by atoms with Crippen molar-refractivity contribution in [2.45, 2.75) is 32.1 Å². The van der Waals surface area contributed by atoms with Gasteiger partial charge in [0.15, 0.2) is 0 Å². The average molecular weight is 266 g/mol. The van der Waals surface area contributed by atoms with E-state index in [9.17, 15) is 4.79 Å². The lowest BCUT2D eigenvalue weighted by molar-refractivity contribution is 0.0786. The van der Waals surface area contributed by atoms with E-state index in [0.717, 1.165) is 30.6 Å². The highest BCUT2D eigenvalue weighted by atomic mass is 35.5. The Hall–Kier alpha value is -1.02. The molecule has 0 spiro atoms. The Kier molecular flexibility index (Phi) is 4.65. The number of alkyl halides is 1. The van der Waals surface area contributed by atoms with Crippen molar-refractivity contribution in [2.24, 2.45) is 5.92 Å². The molecule has 0 radical (unpaired) electrons. The van der Waals surface area contributed by atoms with E-state index >= 15 is 0 Å². The number of rotatable bonds is 4. The molecule has 1 aromatic rings. The Morgan fingerprint density at radius 2 is 2.33 bits per heavy atom. The molecule has 1 heterocycles. The third-order valence-corrected chi connectivity index (χ3v) is 3.91. The van der Waals surface area contributed by atoms with Crippen LogP contribution in [0.3, 0.4) is 0 Å². The first-order valence-electron chi connectivity index (χ1n) is 6.68. The molecule has 0 aliphatic carbocycles. The van der Waals surface area contributed by atoms with Crippen molar-refractivity contribution in [3.63, 3.8) is 0 Å². The summed E-state index contributed by atoms with van der Waals surface area (Å²) in [4.78, 5) is 14.3. The average Bonchev–Trinajstić information content (AvgIpc) is 2.87. The molecular formula is C15H20ClNO. The van der Waals surface area contributed by atoms with Crippen LogP contribution in [0.1, 0.15) is 42.1 Å². The van der Waals surface area contributed by atoms with Crippen LogP contribution >= 0.6 is 11.6 Å². The highest BCUT2D eigenvalue weighted by molar-refractivity contribution is 6.17. The lowest BCUT2D eigenvalue weighted by Crippen LogP contribution is -2.28. The first-order valence-corrected chi connectivity index (χ1v) is 7.22. The van der Waals surface area contributed by atoms with Crippen LogP contribution in [-0.2, 0) is 5.88 Å². The van der Waals surface area contributed by atoms with Crippen molar-refractivity contribution < 1.29 is 4.79 Å². The largest absolute Gasteiger partial charge is 0.338 e. The fourth-order valence-electron chi connectivity index (χ4n) is 2.63. The molecule has 2 rings (SSSR count). The number of carbonyl (C=O) groups excluding carboxylic acids is 1. The van der Waals surface area contributed by atoms with Crippen LogP contribution in [-0.4, -0.2) is 23.9 Å². The summed E-state index contributed by atoms with van der Waals surface area (Å²) in [6.45, 7) is 4.01. The second-order valence-corrected chi connectivity index (χ2v) is 5.30. The van der Waals surface area contributed by atoms with Gasteiger partial charge in [-0.1, -0.05) is 25.5 Å². The maximum absolute atomic E-state index is 12.3. The first-order chi connectivity index (χ1) is 8.74. The summed E-state index contributed by atoms with van der Waals surface area (Å²) >= 11 is 5.80. The van der Waals surface area contributed by atoms with Crippen LogP contribution in [0.2, 0.25) is 0 Å². The number of carbonyl (C=O) groups is 1. The fraction of sp³-hybridized carbons (Fsp3) is 0.533. The van der Waals surface area contributed by atoms with Crippen molar-refractivity contribution in [1.82, 2.24) is 4.90 Å². The van der Waals surface area contributed by atoms with Crippen LogP contribution < -0.4 is 0 Å². The lowest BCUT2D eigenvalue weighted by atomic mass is 10.0. The molecule has 0 N–H and O–H groups in total. The van der Waals surface area contributed by atoms with Gasteiger partial charge < -0.3 is 4.90 Å². The highest BCUT2D eigenvalue weighted by Crippen LogP contribution is 2.22. The Morgan fingerprint density at radius 3 is 3.06 bits per heavy atom. The number of hydrogen-bond donors (Lipinski definition) is 0. The first kappa shape index (κ1) is 13.4. The van der Waals surface area contributed by atoms with Crippen molar-refractivity contribution in [3.8, 4) is 0 Å². The zero-order valence-corrected chi connectivity index (χ0v) is 11.6. The van der Waals surface area contributed by atoms with Crippen LogP contribution in [0.25, 0.3) is 0 Å². The Labute approximate surface area is 114 Å². The number of hydrogen-bond acceptors (Lipinski definition) is 1. The van der Waals surface area contributed by atoms with Gasteiger partial charge in [0.25, 0.3) is 5.91 Å². The lowest BCUT2D eigenvalue weighted by Gasteiger charge is -2.16. The van der Waals surface area contributed by atoms with E-state index in [1.54, 1.807) is 0 Å². The second-order valence-electron chi connectivity index (χ2n) is 5.03. The van der Waals surface area contributed by atoms with Gasteiger partial charge >= 0.3 is 0 Å². The molecule has 98 valence electrons. The molecule has 1 aliphatic heterocycles. The third kappa shape index (κ3) is 3.05. The SMILES string of the molecule is CCCC1CCN(C(=O)c2cccc(CCl)c2)C1. The predicted molar refractivity (Wildman–Crippen MR) is 74.9 cm³/mol. The van der Waals surface area contributed by atoms with E-state index in [4.69, 9.17) is 11.6 Å². The molecule has 0 saturated carbocycles. The van der Waals surface area contributed by atoms with Crippen molar-refractivity contribution in [3.05, 3.63) is 35.4 Å². The van der Waals surface area contributed by atoms with Gasteiger partial charge in [0.1, 0.15) is 0 Å². The molecule has 1 atom stereocenters. The summed E-state index contributed by atoms with van der Waals surface area (Å²) < 4.78 is 0. The minimum absolute atomic E-state index is 0.153. The van der Waals surface area contributed by atoms with Crippen LogP contribution in [0, 0.1) is 5.92 Å². The monoisotopic (exact) mass is 265 g/mol. The van der Waals surface area contributed by atoms with Gasteiger partial charge in [0.05, 0.1) is 0 Å². The maximum atomic E-state index is 12.3. The summed E-state index contributed by atoms with van der Waals surface area (Å²) in [6.07, 6.45) is 3.58. The van der Waals surface area contributed by atoms with E-state index in [0.29, 0.717) is 11.8 Å². The summed E-state index contributed by atoms with van der Waals surface area (Å²) in [6, 6.07) is 7.65. The minimum atomic E-state index is 0.153. The van der Waals surface area contributed by atoms with Crippen LogP contribution in [0.4, 0.5) is 0 Å². The second kappa shape index (κ2) is 6.24. The fourth-order valence-corrected chi connectivity index (χ4v) is 2.80. The molecule has 3 heteroatoms. The molecular weight excluding hydrogens is 246 g/mol. The molecule has 18 heavy (non-hydrogen) atoms. The Bertz CT molecular complexity index is 419. The molecule has 1 saturated heterocycles. The molecule has 1 fully saturated rings. The third-order valence-electron chi connectivity index (χ3n) is 3.60. The van der Waals surface area contributed by atoms with E-state index < -0.39 is 0 Å². The van der Waals surface area contributed by atoms with Gasteiger partial charge in [0.2, 0.25) is 0 Å². The normalized spacial score (nSPS) is 19.2. The number of likely N-dealkylation sites (tertiary alicyclic amines) is 1. The molecule has 0 aromatic heterocycles. The Morgan fingerprint density at radius 1 is 1.50 bits per heavy atom. The van der Waals surface area contributed by atoms with Gasteiger partial charge in [-0.05, 0) is 36.5 Å². The maximum Gasteiger partial charge on any atom is 0.253 e. The zero-order valence-electron chi connectivity index (χ0n) is 10.9. The minimum Gasteiger partial charge on any atom is -0.338 e. The van der Waals surface area contributed by atoms with Gasteiger partial charge in [-0.3, -0.25) is 4.79 Å². The molecule has 1 unspecified atom stereocenters. The van der Waals surface area contributed by atoms with Crippen molar-refractivity contribution >= 4 is 17.5 Å². The summed E-state index contributed by atoms with van der Waals surface area (Å²) in [5.74, 6) is 1.30. The van der Waals surface area contributed by atoms with E-state index in [-0.39, 0.29) is 5.91 Å². The number of halogens is 1. The summed E-state index contributed by atoms with van der Waals surface area (Å²) in [5.41, 5.74) is 1.78. The smallest absolute Gasteiger partial charge is 0.253 e. The molecule has 1 aromatic carbocycles. The summed E-state index contributed by atoms with van der Waals surface area (Å²) in [7, 11) is 0.